The van der Waals surface area contributed by atoms with Crippen molar-refractivity contribution in [3.63, 3.8) is 0 Å². The van der Waals surface area contributed by atoms with E-state index >= 15 is 0 Å². The molecule has 1 unspecified atom stereocenters. The van der Waals surface area contributed by atoms with Crippen LogP contribution < -0.4 is 0 Å². The van der Waals surface area contributed by atoms with Crippen LogP contribution in [-0.2, 0) is 0 Å². The van der Waals surface area contributed by atoms with E-state index in [9.17, 15) is 30.7 Å². The second-order valence-corrected chi connectivity index (χ2v) is 2.67. The van der Waals surface area contributed by atoms with Crippen LogP contribution in [0.5, 0.6) is 0 Å². The van der Waals surface area contributed by atoms with Crippen molar-refractivity contribution in [1.82, 2.24) is 4.90 Å². The molecule has 1 heterocycles. The largest absolute Gasteiger partial charge is 0.375 e. The van der Waals surface area contributed by atoms with Crippen LogP contribution in [0.25, 0.3) is 0 Å². The van der Waals surface area contributed by atoms with Gasteiger partial charge < -0.3 is 0 Å². The molecule has 0 amide bonds. The van der Waals surface area contributed by atoms with E-state index in [1.54, 1.807) is 0 Å². The zero-order valence-corrected chi connectivity index (χ0v) is 6.17. The highest BCUT2D eigenvalue weighted by molar-refractivity contribution is 5.05. The van der Waals surface area contributed by atoms with E-state index in [-0.39, 0.29) is 7.05 Å². The van der Waals surface area contributed by atoms with Gasteiger partial charge in [0.05, 0.1) is 0 Å². The third-order valence-corrected chi connectivity index (χ3v) is 1.89. The normalized spacial score (nSPS) is 36.5. The molecule has 0 saturated carbocycles. The van der Waals surface area contributed by atoms with Gasteiger partial charge in [-0.15, -0.1) is 0 Å². The van der Waals surface area contributed by atoms with E-state index in [2.05, 4.69) is 0 Å². The Balaban J connectivity index is 3.20. The van der Waals surface area contributed by atoms with Gasteiger partial charge >= 0.3 is 18.0 Å². The van der Waals surface area contributed by atoms with E-state index in [1.807, 2.05) is 0 Å². The maximum atomic E-state index is 12.3. The molecule has 0 N–H and O–H groups in total. The summed E-state index contributed by atoms with van der Waals surface area (Å²) in [6.07, 6.45) is -4.19. The minimum Gasteiger partial charge on any atom is -0.232 e. The maximum Gasteiger partial charge on any atom is 0.375 e. The van der Waals surface area contributed by atoms with Crippen LogP contribution in [0.4, 0.5) is 30.7 Å². The Bertz CT molecular complexity index is 203. The van der Waals surface area contributed by atoms with Crippen molar-refractivity contribution < 1.29 is 30.7 Å². The summed E-state index contributed by atoms with van der Waals surface area (Å²) in [5.41, 5.74) is 0. The molecule has 0 spiro atoms. The van der Waals surface area contributed by atoms with E-state index in [4.69, 9.17) is 0 Å². The van der Waals surface area contributed by atoms with Crippen molar-refractivity contribution in [2.24, 2.45) is 0 Å². The standard InChI is InChI=1S/C5H4F7N/c1-13-4(9,10)2(6)3(7,8)5(13,11)12/h2H,1H3. The molecule has 78 valence electrons. The molecular weight excluding hydrogens is 207 g/mol. The Kier molecular flexibility index (Phi) is 1.85. The Morgan fingerprint density at radius 3 is 1.46 bits per heavy atom. The fourth-order valence-electron chi connectivity index (χ4n) is 0.951. The SMILES string of the molecule is CN1C(F)(F)C(F)C(F)(F)C1(F)F. The highest BCUT2D eigenvalue weighted by Gasteiger charge is 2.81. The summed E-state index contributed by atoms with van der Waals surface area (Å²) in [5, 5.41) is 0. The molecule has 0 aliphatic carbocycles. The summed E-state index contributed by atoms with van der Waals surface area (Å²) in [7, 11) is 0.0352. The first-order chi connectivity index (χ1) is 5.56. The Morgan fingerprint density at radius 1 is 1.00 bits per heavy atom. The second kappa shape index (κ2) is 2.28. The molecule has 1 rings (SSSR count). The van der Waals surface area contributed by atoms with Crippen molar-refractivity contribution in [1.29, 1.82) is 0 Å². The lowest BCUT2D eigenvalue weighted by atomic mass is 10.2. The first-order valence-corrected chi connectivity index (χ1v) is 3.07. The average molecular weight is 211 g/mol. The van der Waals surface area contributed by atoms with Crippen molar-refractivity contribution in [2.45, 2.75) is 24.2 Å². The van der Waals surface area contributed by atoms with Crippen LogP contribution in [0.1, 0.15) is 0 Å². The lowest BCUT2D eigenvalue weighted by Crippen LogP contribution is -2.47. The number of hydrogen-bond acceptors (Lipinski definition) is 1. The van der Waals surface area contributed by atoms with Gasteiger partial charge in [-0.3, -0.25) is 0 Å². The number of alkyl halides is 7. The molecule has 1 nitrogen and oxygen atoms in total. The minimum atomic E-state index is -5.37. The van der Waals surface area contributed by atoms with Crippen molar-refractivity contribution in [3.05, 3.63) is 0 Å². The third kappa shape index (κ3) is 0.976. The fraction of sp³-hybridized carbons (Fsp3) is 1.00. The zero-order chi connectivity index (χ0) is 10.7. The van der Waals surface area contributed by atoms with Gasteiger partial charge in [0.25, 0.3) is 0 Å². The molecule has 0 aromatic carbocycles. The second-order valence-electron chi connectivity index (χ2n) is 2.67. The van der Waals surface area contributed by atoms with Gasteiger partial charge in [0.15, 0.2) is 0 Å². The van der Waals surface area contributed by atoms with Gasteiger partial charge in [-0.25, -0.2) is 4.39 Å². The molecule has 0 aromatic heterocycles. The molecule has 0 bridgehead atoms. The summed E-state index contributed by atoms with van der Waals surface area (Å²) in [6.45, 7) is 0. The van der Waals surface area contributed by atoms with Crippen LogP contribution in [-0.4, -0.2) is 36.1 Å². The predicted molar refractivity (Wildman–Crippen MR) is 27.5 cm³/mol. The minimum absolute atomic E-state index is 0.0352. The monoisotopic (exact) mass is 211 g/mol. The number of hydrogen-bond donors (Lipinski definition) is 0. The topological polar surface area (TPSA) is 3.24 Å². The molecule has 1 atom stereocenters. The molecular formula is C5H4F7N. The van der Waals surface area contributed by atoms with Crippen LogP contribution >= 0.6 is 0 Å². The van der Waals surface area contributed by atoms with Gasteiger partial charge in [0.1, 0.15) is 0 Å². The van der Waals surface area contributed by atoms with E-state index in [1.165, 1.54) is 0 Å². The molecule has 1 aliphatic rings. The Morgan fingerprint density at radius 2 is 1.38 bits per heavy atom. The van der Waals surface area contributed by atoms with Crippen LogP contribution in [0.3, 0.4) is 0 Å². The highest BCUT2D eigenvalue weighted by atomic mass is 19.3. The fourth-order valence-corrected chi connectivity index (χ4v) is 0.951. The summed E-state index contributed by atoms with van der Waals surface area (Å²) < 4.78 is 85.9. The summed E-state index contributed by atoms with van der Waals surface area (Å²) in [5.74, 6) is -5.37. The van der Waals surface area contributed by atoms with E-state index in [0.717, 1.165) is 0 Å². The van der Waals surface area contributed by atoms with E-state index in [0.29, 0.717) is 0 Å². The number of rotatable bonds is 0. The molecule has 13 heavy (non-hydrogen) atoms. The number of halogens is 7. The molecule has 1 saturated heterocycles. The lowest BCUT2D eigenvalue weighted by molar-refractivity contribution is -0.266. The molecule has 0 radical (unpaired) electrons. The first kappa shape index (κ1) is 10.6. The Hall–Kier alpha value is -0.530. The summed E-state index contributed by atoms with van der Waals surface area (Å²) in [4.78, 5) is -1.26. The first-order valence-electron chi connectivity index (χ1n) is 3.07. The van der Waals surface area contributed by atoms with Gasteiger partial charge in [-0.2, -0.15) is 31.2 Å². The Labute approximate surface area is 68.1 Å². The van der Waals surface area contributed by atoms with Gasteiger partial charge in [-0.1, -0.05) is 0 Å². The summed E-state index contributed by atoms with van der Waals surface area (Å²) in [6, 6.07) is -10.0. The van der Waals surface area contributed by atoms with Crippen LogP contribution in [0, 0.1) is 0 Å². The maximum absolute atomic E-state index is 12.3. The van der Waals surface area contributed by atoms with Gasteiger partial charge in [0.2, 0.25) is 6.17 Å². The van der Waals surface area contributed by atoms with Gasteiger partial charge in [-0.05, 0) is 7.05 Å². The zero-order valence-electron chi connectivity index (χ0n) is 6.17. The molecule has 1 aliphatic heterocycles. The molecule has 1 fully saturated rings. The van der Waals surface area contributed by atoms with Crippen molar-refractivity contribution in [2.75, 3.05) is 7.05 Å². The van der Waals surface area contributed by atoms with Crippen LogP contribution in [0.2, 0.25) is 0 Å². The predicted octanol–water partition coefficient (Wildman–Crippen LogP) is 2.09. The third-order valence-electron chi connectivity index (χ3n) is 1.89. The average Bonchev–Trinajstić information content (AvgIpc) is 2.05. The highest BCUT2D eigenvalue weighted by Crippen LogP contribution is 2.54. The van der Waals surface area contributed by atoms with Crippen LogP contribution in [0.15, 0.2) is 0 Å². The quantitative estimate of drug-likeness (QED) is 0.438. The van der Waals surface area contributed by atoms with Gasteiger partial charge in [0, 0.05) is 0 Å². The van der Waals surface area contributed by atoms with E-state index < -0.39 is 29.1 Å². The molecule has 8 heteroatoms. The number of likely N-dealkylation sites (tertiary alicyclic amines) is 1. The molecule has 0 aromatic rings. The number of nitrogens with zero attached hydrogens (tertiary/aromatic N) is 1. The summed E-state index contributed by atoms with van der Waals surface area (Å²) >= 11 is 0. The lowest BCUT2D eigenvalue weighted by Gasteiger charge is -2.23. The van der Waals surface area contributed by atoms with Crippen molar-refractivity contribution >= 4 is 0 Å². The smallest absolute Gasteiger partial charge is 0.232 e. The van der Waals surface area contributed by atoms with Crippen molar-refractivity contribution in [3.8, 4) is 0 Å².